The molecule has 0 spiro atoms. The van der Waals surface area contributed by atoms with Crippen molar-refractivity contribution in [1.82, 2.24) is 4.90 Å². The molecule has 4 nitrogen and oxygen atoms in total. The van der Waals surface area contributed by atoms with Gasteiger partial charge in [0.05, 0.1) is 13.2 Å². The minimum atomic E-state index is -0.0103. The smallest absolute Gasteiger partial charge is 0.241 e. The summed E-state index contributed by atoms with van der Waals surface area (Å²) in [5.41, 5.74) is 2.95. The van der Waals surface area contributed by atoms with Gasteiger partial charge in [-0.3, -0.25) is 9.69 Å². The van der Waals surface area contributed by atoms with Gasteiger partial charge >= 0.3 is 0 Å². The molecular formula is C21H26N2O2. The third-order valence-corrected chi connectivity index (χ3v) is 4.76. The number of amides is 1. The molecule has 0 radical (unpaired) electrons. The van der Waals surface area contributed by atoms with Crippen LogP contribution in [0.2, 0.25) is 0 Å². The van der Waals surface area contributed by atoms with Crippen molar-refractivity contribution in [2.45, 2.75) is 32.2 Å². The molecule has 0 saturated carbocycles. The third-order valence-electron chi connectivity index (χ3n) is 4.76. The second-order valence-corrected chi connectivity index (χ2v) is 6.46. The van der Waals surface area contributed by atoms with Crippen LogP contribution in [-0.2, 0) is 4.79 Å². The second kappa shape index (κ2) is 8.17. The molecule has 1 fully saturated rings. The van der Waals surface area contributed by atoms with Gasteiger partial charge in [-0.15, -0.1) is 0 Å². The first-order valence-electron chi connectivity index (χ1n) is 9.01. The molecule has 1 aliphatic rings. The van der Waals surface area contributed by atoms with Crippen molar-refractivity contribution in [2.24, 2.45) is 0 Å². The van der Waals surface area contributed by atoms with Crippen molar-refractivity contribution in [1.29, 1.82) is 0 Å². The van der Waals surface area contributed by atoms with E-state index in [9.17, 15) is 4.79 Å². The zero-order chi connectivity index (χ0) is 17.6. The number of ether oxygens (including phenoxy) is 1. The first-order chi connectivity index (χ1) is 12.2. The fourth-order valence-electron chi connectivity index (χ4n) is 3.51. The molecule has 0 aliphatic carbocycles. The van der Waals surface area contributed by atoms with E-state index < -0.39 is 0 Å². The van der Waals surface area contributed by atoms with Crippen LogP contribution in [0.4, 0.5) is 5.69 Å². The van der Waals surface area contributed by atoms with Gasteiger partial charge in [0.2, 0.25) is 5.91 Å². The molecule has 1 unspecified atom stereocenters. The van der Waals surface area contributed by atoms with Gasteiger partial charge in [0.1, 0.15) is 5.75 Å². The molecule has 132 valence electrons. The SMILES string of the molecule is CCCN1CCCC1C(=O)Nc1ccccc1-c1ccc(OC)cc1. The Bertz CT molecular complexity index is 712. The Balaban J connectivity index is 1.79. The van der Waals surface area contributed by atoms with E-state index in [1.54, 1.807) is 7.11 Å². The van der Waals surface area contributed by atoms with E-state index >= 15 is 0 Å². The Labute approximate surface area is 149 Å². The summed E-state index contributed by atoms with van der Waals surface area (Å²) >= 11 is 0. The van der Waals surface area contributed by atoms with E-state index in [0.29, 0.717) is 0 Å². The van der Waals surface area contributed by atoms with Crippen LogP contribution < -0.4 is 10.1 Å². The Hall–Kier alpha value is -2.33. The van der Waals surface area contributed by atoms with Crippen molar-refractivity contribution in [3.05, 3.63) is 48.5 Å². The summed E-state index contributed by atoms with van der Waals surface area (Å²) in [6.45, 7) is 4.16. The van der Waals surface area contributed by atoms with Crippen LogP contribution in [0.15, 0.2) is 48.5 Å². The number of benzene rings is 2. The van der Waals surface area contributed by atoms with Crippen molar-refractivity contribution in [3.63, 3.8) is 0 Å². The summed E-state index contributed by atoms with van der Waals surface area (Å²) < 4.78 is 5.23. The number of anilines is 1. The van der Waals surface area contributed by atoms with Crippen LogP contribution in [-0.4, -0.2) is 37.0 Å². The Morgan fingerprint density at radius 3 is 2.68 bits per heavy atom. The number of carbonyl (C=O) groups is 1. The molecule has 1 aliphatic heterocycles. The van der Waals surface area contributed by atoms with E-state index in [1.807, 2.05) is 48.5 Å². The van der Waals surface area contributed by atoms with Crippen LogP contribution >= 0.6 is 0 Å². The van der Waals surface area contributed by atoms with Crippen molar-refractivity contribution in [2.75, 3.05) is 25.5 Å². The Kier molecular flexibility index (Phi) is 5.71. The van der Waals surface area contributed by atoms with Crippen molar-refractivity contribution >= 4 is 11.6 Å². The van der Waals surface area contributed by atoms with Gasteiger partial charge in [0.15, 0.2) is 0 Å². The highest BCUT2D eigenvalue weighted by Gasteiger charge is 2.30. The number of likely N-dealkylation sites (tertiary alicyclic amines) is 1. The summed E-state index contributed by atoms with van der Waals surface area (Å²) in [5, 5.41) is 3.16. The molecule has 1 amide bonds. The molecule has 1 saturated heterocycles. The van der Waals surface area contributed by atoms with E-state index in [0.717, 1.165) is 54.9 Å². The number of hydrogen-bond donors (Lipinski definition) is 1. The minimum absolute atomic E-state index is 0.0103. The van der Waals surface area contributed by atoms with Gasteiger partial charge in [0.25, 0.3) is 0 Å². The lowest BCUT2D eigenvalue weighted by Gasteiger charge is -2.23. The average Bonchev–Trinajstić information content (AvgIpc) is 3.11. The van der Waals surface area contributed by atoms with E-state index in [-0.39, 0.29) is 11.9 Å². The predicted molar refractivity (Wildman–Crippen MR) is 102 cm³/mol. The lowest BCUT2D eigenvalue weighted by atomic mass is 10.0. The number of nitrogens with one attached hydrogen (secondary N) is 1. The van der Waals surface area contributed by atoms with Crippen LogP contribution in [0.5, 0.6) is 5.75 Å². The molecule has 2 aromatic rings. The summed E-state index contributed by atoms with van der Waals surface area (Å²) in [6, 6.07) is 15.9. The monoisotopic (exact) mass is 338 g/mol. The first-order valence-corrected chi connectivity index (χ1v) is 9.01. The highest BCUT2D eigenvalue weighted by atomic mass is 16.5. The topological polar surface area (TPSA) is 41.6 Å². The predicted octanol–water partition coefficient (Wildman–Crippen LogP) is 4.18. The van der Waals surface area contributed by atoms with Gasteiger partial charge in [-0.2, -0.15) is 0 Å². The fraction of sp³-hybridized carbons (Fsp3) is 0.381. The van der Waals surface area contributed by atoms with Crippen LogP contribution in [0.1, 0.15) is 26.2 Å². The van der Waals surface area contributed by atoms with Gasteiger partial charge in [-0.1, -0.05) is 37.3 Å². The minimum Gasteiger partial charge on any atom is -0.497 e. The highest BCUT2D eigenvalue weighted by molar-refractivity contribution is 5.98. The number of para-hydroxylation sites is 1. The molecular weight excluding hydrogens is 312 g/mol. The molecule has 25 heavy (non-hydrogen) atoms. The molecule has 0 bridgehead atoms. The maximum Gasteiger partial charge on any atom is 0.241 e. The maximum absolute atomic E-state index is 12.8. The van der Waals surface area contributed by atoms with Gasteiger partial charge in [-0.05, 0) is 56.1 Å². The summed E-state index contributed by atoms with van der Waals surface area (Å²) in [4.78, 5) is 15.1. The average molecular weight is 338 g/mol. The maximum atomic E-state index is 12.8. The summed E-state index contributed by atoms with van der Waals surface area (Å²) in [7, 11) is 1.66. The zero-order valence-corrected chi connectivity index (χ0v) is 15.0. The number of hydrogen-bond acceptors (Lipinski definition) is 3. The first kappa shape index (κ1) is 17.5. The normalized spacial score (nSPS) is 17.4. The Morgan fingerprint density at radius 2 is 1.96 bits per heavy atom. The molecule has 0 aromatic heterocycles. The quantitative estimate of drug-likeness (QED) is 0.859. The largest absolute Gasteiger partial charge is 0.497 e. The highest BCUT2D eigenvalue weighted by Crippen LogP contribution is 2.30. The number of carbonyl (C=O) groups excluding carboxylic acids is 1. The second-order valence-electron chi connectivity index (χ2n) is 6.46. The number of rotatable bonds is 6. The molecule has 4 heteroatoms. The molecule has 1 atom stereocenters. The molecule has 3 rings (SSSR count). The van der Waals surface area contributed by atoms with Gasteiger partial charge in [0, 0.05) is 11.3 Å². The van der Waals surface area contributed by atoms with Crippen LogP contribution in [0.25, 0.3) is 11.1 Å². The van der Waals surface area contributed by atoms with Gasteiger partial charge < -0.3 is 10.1 Å². The van der Waals surface area contributed by atoms with Crippen LogP contribution in [0, 0.1) is 0 Å². The van der Waals surface area contributed by atoms with Crippen molar-refractivity contribution < 1.29 is 9.53 Å². The molecule has 1 N–H and O–H groups in total. The number of methoxy groups -OCH3 is 1. The summed E-state index contributed by atoms with van der Waals surface area (Å²) in [5.74, 6) is 0.929. The fourth-order valence-corrected chi connectivity index (χ4v) is 3.51. The standard InChI is InChI=1S/C21H26N2O2/c1-3-14-23-15-6-9-20(23)21(24)22-19-8-5-4-7-18(19)16-10-12-17(25-2)13-11-16/h4-5,7-8,10-13,20H,3,6,9,14-15H2,1-2H3,(H,22,24). The Morgan fingerprint density at radius 1 is 1.20 bits per heavy atom. The van der Waals surface area contributed by atoms with Crippen LogP contribution in [0.3, 0.4) is 0 Å². The lowest BCUT2D eigenvalue weighted by molar-refractivity contribution is -0.120. The van der Waals surface area contributed by atoms with E-state index in [2.05, 4.69) is 17.1 Å². The lowest BCUT2D eigenvalue weighted by Crippen LogP contribution is -2.40. The molecule has 1 heterocycles. The number of nitrogens with zero attached hydrogens (tertiary/aromatic N) is 1. The zero-order valence-electron chi connectivity index (χ0n) is 15.0. The van der Waals surface area contributed by atoms with Gasteiger partial charge in [-0.25, -0.2) is 0 Å². The third kappa shape index (κ3) is 4.02. The van der Waals surface area contributed by atoms with E-state index in [4.69, 9.17) is 4.74 Å². The summed E-state index contributed by atoms with van der Waals surface area (Å²) in [6.07, 6.45) is 3.11. The molecule has 2 aromatic carbocycles. The van der Waals surface area contributed by atoms with E-state index in [1.165, 1.54) is 0 Å². The van der Waals surface area contributed by atoms with Crippen molar-refractivity contribution in [3.8, 4) is 16.9 Å².